The molecule has 9 atom stereocenters. The molecule has 6 nitrogen and oxygen atoms in total. The van der Waals surface area contributed by atoms with Crippen LogP contribution in [-0.4, -0.2) is 36.6 Å². The molecule has 0 aromatic heterocycles. The van der Waals surface area contributed by atoms with E-state index in [0.29, 0.717) is 29.5 Å². The number of esters is 1. The number of ether oxygens (including phenoxy) is 2. The van der Waals surface area contributed by atoms with E-state index in [1.807, 2.05) is 45.0 Å². The van der Waals surface area contributed by atoms with Gasteiger partial charge in [0.05, 0.1) is 0 Å². The number of carbonyl (C=O) groups is 3. The molecule has 4 saturated carbocycles. The lowest BCUT2D eigenvalue weighted by molar-refractivity contribution is -0.166. The molecule has 0 heterocycles. The summed E-state index contributed by atoms with van der Waals surface area (Å²) >= 11 is 0. The number of hydrogen-bond donors (Lipinski definition) is 1. The van der Waals surface area contributed by atoms with Gasteiger partial charge in [0.25, 0.3) is 0 Å². The summed E-state index contributed by atoms with van der Waals surface area (Å²) in [5.74, 6) is 2.72. The number of hydrogen-bond acceptors (Lipinski definition) is 5. The van der Waals surface area contributed by atoms with E-state index in [1.165, 1.54) is 43.2 Å². The van der Waals surface area contributed by atoms with E-state index >= 15 is 0 Å². The minimum absolute atomic E-state index is 0.0358. The second-order valence-electron chi connectivity index (χ2n) is 16.5. The molecule has 2 aromatic rings. The van der Waals surface area contributed by atoms with Gasteiger partial charge in [-0.2, -0.15) is 0 Å². The molecule has 7 rings (SSSR count). The first-order chi connectivity index (χ1) is 22.5. The Morgan fingerprint density at radius 1 is 0.830 bits per heavy atom. The summed E-state index contributed by atoms with van der Waals surface area (Å²) in [7, 11) is 0. The van der Waals surface area contributed by atoms with Gasteiger partial charge in [0, 0.05) is 11.8 Å². The zero-order chi connectivity index (χ0) is 33.1. The molecule has 47 heavy (non-hydrogen) atoms. The zero-order valence-corrected chi connectivity index (χ0v) is 28.9. The van der Waals surface area contributed by atoms with Crippen molar-refractivity contribution in [3.8, 4) is 11.1 Å². The highest BCUT2D eigenvalue weighted by molar-refractivity contribution is 5.82. The largest absolute Gasteiger partial charge is 0.461 e. The first-order valence-electron chi connectivity index (χ1n) is 18.3. The van der Waals surface area contributed by atoms with E-state index in [4.69, 9.17) is 9.47 Å². The summed E-state index contributed by atoms with van der Waals surface area (Å²) in [6.07, 6.45) is 9.21. The van der Waals surface area contributed by atoms with Gasteiger partial charge in [0.15, 0.2) is 0 Å². The Hall–Kier alpha value is -3.15. The summed E-state index contributed by atoms with van der Waals surface area (Å²) in [5, 5.41) is 2.86. The van der Waals surface area contributed by atoms with Gasteiger partial charge >= 0.3 is 12.1 Å². The van der Waals surface area contributed by atoms with Crippen molar-refractivity contribution in [2.75, 3.05) is 6.61 Å². The molecule has 1 N–H and O–H groups in total. The van der Waals surface area contributed by atoms with Gasteiger partial charge in [-0.15, -0.1) is 0 Å². The maximum atomic E-state index is 13.6. The Balaban J connectivity index is 0.953. The Labute approximate surface area is 280 Å². The van der Waals surface area contributed by atoms with Crippen LogP contribution < -0.4 is 5.32 Å². The second kappa shape index (κ2) is 12.4. The number of nitrogens with one attached hydrogen (secondary N) is 1. The van der Waals surface area contributed by atoms with Crippen LogP contribution in [0, 0.1) is 46.3 Å². The molecular formula is C41H53NO5. The topological polar surface area (TPSA) is 81.7 Å². The van der Waals surface area contributed by atoms with Gasteiger partial charge in [0.1, 0.15) is 24.5 Å². The third-order valence-corrected chi connectivity index (χ3v) is 13.9. The molecule has 0 bridgehead atoms. The van der Waals surface area contributed by atoms with Crippen LogP contribution >= 0.6 is 0 Å². The number of rotatable bonds is 7. The highest BCUT2D eigenvalue weighted by Gasteiger charge is 2.61. The minimum atomic E-state index is -0.762. The minimum Gasteiger partial charge on any atom is -0.461 e. The predicted molar refractivity (Wildman–Crippen MR) is 183 cm³/mol. The van der Waals surface area contributed by atoms with E-state index < -0.39 is 12.1 Å². The van der Waals surface area contributed by atoms with Gasteiger partial charge in [0.2, 0.25) is 0 Å². The lowest BCUT2D eigenvalue weighted by Crippen LogP contribution is -2.55. The number of alkyl carbamates (subject to hydrolysis) is 1. The summed E-state index contributed by atoms with van der Waals surface area (Å²) < 4.78 is 12.0. The van der Waals surface area contributed by atoms with E-state index in [1.54, 1.807) is 0 Å². The smallest absolute Gasteiger partial charge is 0.407 e. The van der Waals surface area contributed by atoms with Crippen molar-refractivity contribution in [2.24, 2.45) is 46.3 Å². The molecule has 6 heteroatoms. The summed E-state index contributed by atoms with van der Waals surface area (Å²) in [6, 6.07) is 15.8. The monoisotopic (exact) mass is 639 g/mol. The highest BCUT2D eigenvalue weighted by Crippen LogP contribution is 2.67. The third-order valence-electron chi connectivity index (χ3n) is 13.9. The highest BCUT2D eigenvalue weighted by atomic mass is 16.6. The molecule has 2 aromatic carbocycles. The first-order valence-corrected chi connectivity index (χ1v) is 18.3. The van der Waals surface area contributed by atoms with Crippen LogP contribution in [0.4, 0.5) is 4.79 Å². The standard InChI is InChI=1S/C41H53NO5/c1-24(2)37(42-39(45)46-23-33-30-12-8-6-10-28(30)29-11-7-9-13-31(29)33)38(44)47-27-18-20-40(4)26(22-27)14-15-32-35-17-16-34(25(3)43)41(35,5)21-19-36(32)40/h6-13,24,26-27,32-37H,14-23H2,1-5H3,(H,42,45)/t26-,27+,32?,34+,35?,36?,37-,40-,41+/m0/s1. The number of Topliss-reactive ketones (excluding diaryl/α,β-unsaturated/α-hetero) is 1. The number of fused-ring (bicyclic) bond motifs is 8. The molecule has 5 aliphatic rings. The molecule has 252 valence electrons. The second-order valence-corrected chi connectivity index (χ2v) is 16.5. The van der Waals surface area contributed by atoms with Crippen molar-refractivity contribution < 1.29 is 23.9 Å². The zero-order valence-electron chi connectivity index (χ0n) is 28.9. The van der Waals surface area contributed by atoms with Crippen LogP contribution in [0.2, 0.25) is 0 Å². The quantitative estimate of drug-likeness (QED) is 0.307. The molecule has 0 spiro atoms. The average Bonchev–Trinajstić information content (AvgIpc) is 3.57. The van der Waals surface area contributed by atoms with Crippen LogP contribution in [-0.2, 0) is 19.1 Å². The fourth-order valence-electron chi connectivity index (χ4n) is 11.5. The van der Waals surface area contributed by atoms with Gasteiger partial charge in [-0.1, -0.05) is 76.2 Å². The van der Waals surface area contributed by atoms with Crippen molar-refractivity contribution in [3.05, 3.63) is 59.7 Å². The fourth-order valence-corrected chi connectivity index (χ4v) is 11.5. The molecule has 4 fully saturated rings. The van der Waals surface area contributed by atoms with Crippen molar-refractivity contribution >= 4 is 17.8 Å². The van der Waals surface area contributed by atoms with Gasteiger partial charge in [-0.3, -0.25) is 4.79 Å². The molecular weight excluding hydrogens is 586 g/mol. The van der Waals surface area contributed by atoms with Crippen molar-refractivity contribution in [2.45, 2.75) is 110 Å². The Morgan fingerprint density at radius 3 is 2.13 bits per heavy atom. The Morgan fingerprint density at radius 2 is 1.47 bits per heavy atom. The maximum absolute atomic E-state index is 13.6. The van der Waals surface area contributed by atoms with Crippen LogP contribution in [0.15, 0.2) is 48.5 Å². The normalized spacial score (nSPS) is 34.7. The predicted octanol–water partition coefficient (Wildman–Crippen LogP) is 8.71. The van der Waals surface area contributed by atoms with Gasteiger partial charge in [-0.25, -0.2) is 9.59 Å². The summed E-state index contributed by atoms with van der Waals surface area (Å²) in [4.78, 5) is 39.2. The van der Waals surface area contributed by atoms with Crippen molar-refractivity contribution in [1.29, 1.82) is 0 Å². The molecule has 0 radical (unpaired) electrons. The lowest BCUT2D eigenvalue weighted by atomic mass is 9.44. The van der Waals surface area contributed by atoms with E-state index in [9.17, 15) is 14.4 Å². The van der Waals surface area contributed by atoms with E-state index in [-0.39, 0.29) is 47.3 Å². The van der Waals surface area contributed by atoms with Gasteiger partial charge in [-0.05, 0) is 127 Å². The third kappa shape index (κ3) is 5.52. The van der Waals surface area contributed by atoms with Crippen LogP contribution in [0.3, 0.4) is 0 Å². The number of carbonyl (C=O) groups excluding carboxylic acids is 3. The lowest BCUT2D eigenvalue weighted by Gasteiger charge is -2.61. The fraction of sp³-hybridized carbons (Fsp3) is 0.634. The summed E-state index contributed by atoms with van der Waals surface area (Å²) in [5.41, 5.74) is 5.11. The van der Waals surface area contributed by atoms with Gasteiger partial charge < -0.3 is 14.8 Å². The van der Waals surface area contributed by atoms with Crippen LogP contribution in [0.25, 0.3) is 11.1 Å². The number of amides is 1. The SMILES string of the molecule is CC(=O)[C@H]1CCC2C3CC[C@H]4C[C@H](OC(=O)[C@@H](NC(=O)OCC5c6ccccc6-c6ccccc65)C(C)C)CC[C@]4(C)C3CC[C@@]21C. The van der Waals surface area contributed by atoms with Crippen LogP contribution in [0.1, 0.15) is 109 Å². The molecule has 3 unspecified atom stereocenters. The van der Waals surface area contributed by atoms with E-state index in [2.05, 4.69) is 43.4 Å². The number of ketones is 1. The van der Waals surface area contributed by atoms with Crippen LogP contribution in [0.5, 0.6) is 0 Å². The van der Waals surface area contributed by atoms with Crippen molar-refractivity contribution in [1.82, 2.24) is 5.32 Å². The molecule has 5 aliphatic carbocycles. The molecule has 1 amide bonds. The maximum Gasteiger partial charge on any atom is 0.407 e. The molecule has 0 saturated heterocycles. The summed E-state index contributed by atoms with van der Waals surface area (Å²) in [6.45, 7) is 10.8. The molecule has 0 aliphatic heterocycles. The average molecular weight is 640 g/mol. The number of benzene rings is 2. The van der Waals surface area contributed by atoms with Crippen molar-refractivity contribution in [3.63, 3.8) is 0 Å². The Bertz CT molecular complexity index is 1490. The Kier molecular flexibility index (Phi) is 8.54. The van der Waals surface area contributed by atoms with E-state index in [0.717, 1.165) is 36.8 Å². The first kappa shape index (κ1) is 32.4.